The van der Waals surface area contributed by atoms with Crippen LogP contribution in [0.1, 0.15) is 19.4 Å². The summed E-state index contributed by atoms with van der Waals surface area (Å²) in [6.07, 6.45) is 1.58. The van der Waals surface area contributed by atoms with Gasteiger partial charge in [0.25, 0.3) is 0 Å². The van der Waals surface area contributed by atoms with Gasteiger partial charge in [-0.3, -0.25) is 4.79 Å². The standard InChI is InChI=1S/C21H24N2O3S/c1-16(2)12-22-21(24)14-23-13-20(18-10-6-7-11-19(18)23)27(25,26)15-17-8-4-3-5-9-17/h3-11,13,16H,12,14-15H2,1-2H3,(H,22,24). The van der Waals surface area contributed by atoms with Crippen molar-refractivity contribution in [2.24, 2.45) is 5.92 Å². The summed E-state index contributed by atoms with van der Waals surface area (Å²) >= 11 is 0. The van der Waals surface area contributed by atoms with Gasteiger partial charge in [0.2, 0.25) is 5.91 Å². The third-order valence-electron chi connectivity index (χ3n) is 4.31. The molecule has 6 heteroatoms. The van der Waals surface area contributed by atoms with E-state index in [1.165, 1.54) is 0 Å². The van der Waals surface area contributed by atoms with E-state index in [0.29, 0.717) is 17.8 Å². The van der Waals surface area contributed by atoms with Crippen LogP contribution in [0.4, 0.5) is 0 Å². The third kappa shape index (κ3) is 4.57. The van der Waals surface area contributed by atoms with Gasteiger partial charge in [-0.1, -0.05) is 62.4 Å². The van der Waals surface area contributed by atoms with Gasteiger partial charge in [0.15, 0.2) is 9.84 Å². The molecule has 0 saturated heterocycles. The fourth-order valence-electron chi connectivity index (χ4n) is 2.99. The van der Waals surface area contributed by atoms with Crippen LogP contribution < -0.4 is 5.32 Å². The molecule has 1 N–H and O–H groups in total. The molecule has 5 nitrogen and oxygen atoms in total. The molecule has 27 heavy (non-hydrogen) atoms. The Morgan fingerprint density at radius 3 is 2.41 bits per heavy atom. The number of sulfone groups is 1. The number of carbonyl (C=O) groups is 1. The lowest BCUT2D eigenvalue weighted by molar-refractivity contribution is -0.121. The van der Waals surface area contributed by atoms with Crippen molar-refractivity contribution in [2.45, 2.75) is 31.0 Å². The minimum absolute atomic E-state index is 0.0681. The maximum absolute atomic E-state index is 13.0. The van der Waals surface area contributed by atoms with Gasteiger partial charge in [0, 0.05) is 23.6 Å². The summed E-state index contributed by atoms with van der Waals surface area (Å²) in [6, 6.07) is 16.4. The lowest BCUT2D eigenvalue weighted by Crippen LogP contribution is -2.30. The number of para-hydroxylation sites is 1. The summed E-state index contributed by atoms with van der Waals surface area (Å²) in [5.74, 6) is 0.162. The van der Waals surface area contributed by atoms with Crippen molar-refractivity contribution < 1.29 is 13.2 Å². The number of hydrogen-bond donors (Lipinski definition) is 1. The van der Waals surface area contributed by atoms with Crippen LogP contribution in [0.2, 0.25) is 0 Å². The topological polar surface area (TPSA) is 68.2 Å². The number of fused-ring (bicyclic) bond motifs is 1. The Balaban J connectivity index is 1.93. The fraction of sp³-hybridized carbons (Fsp3) is 0.286. The van der Waals surface area contributed by atoms with E-state index in [0.717, 1.165) is 11.1 Å². The van der Waals surface area contributed by atoms with Crippen molar-refractivity contribution in [2.75, 3.05) is 6.54 Å². The molecule has 0 spiro atoms. The largest absolute Gasteiger partial charge is 0.354 e. The first kappa shape index (κ1) is 19.2. The van der Waals surface area contributed by atoms with E-state index in [-0.39, 0.29) is 23.1 Å². The number of hydrogen-bond acceptors (Lipinski definition) is 3. The highest BCUT2D eigenvalue weighted by Crippen LogP contribution is 2.28. The van der Waals surface area contributed by atoms with Crippen molar-refractivity contribution >= 4 is 26.6 Å². The summed E-state index contributed by atoms with van der Waals surface area (Å²) < 4.78 is 27.7. The molecule has 3 rings (SSSR count). The third-order valence-corrected chi connectivity index (χ3v) is 6.02. The average Bonchev–Trinajstić information content (AvgIpc) is 3.00. The zero-order valence-electron chi connectivity index (χ0n) is 15.6. The minimum atomic E-state index is -3.53. The van der Waals surface area contributed by atoms with Gasteiger partial charge in [-0.15, -0.1) is 0 Å². The number of nitrogens with zero attached hydrogens (tertiary/aromatic N) is 1. The van der Waals surface area contributed by atoms with E-state index in [1.54, 1.807) is 29.0 Å². The number of aromatic nitrogens is 1. The Kier molecular flexibility index (Phi) is 5.65. The van der Waals surface area contributed by atoms with E-state index in [9.17, 15) is 13.2 Å². The smallest absolute Gasteiger partial charge is 0.239 e. The zero-order chi connectivity index (χ0) is 19.4. The van der Waals surface area contributed by atoms with Crippen molar-refractivity contribution in [3.63, 3.8) is 0 Å². The highest BCUT2D eigenvalue weighted by molar-refractivity contribution is 7.90. The lowest BCUT2D eigenvalue weighted by atomic mass is 10.2. The van der Waals surface area contributed by atoms with E-state index in [2.05, 4.69) is 5.32 Å². The molecule has 0 radical (unpaired) electrons. The predicted molar refractivity (Wildman–Crippen MR) is 107 cm³/mol. The maximum Gasteiger partial charge on any atom is 0.239 e. The summed E-state index contributed by atoms with van der Waals surface area (Å²) in [4.78, 5) is 12.5. The number of nitrogens with one attached hydrogen (secondary N) is 1. The number of benzene rings is 2. The van der Waals surface area contributed by atoms with Gasteiger partial charge < -0.3 is 9.88 Å². The normalized spacial score (nSPS) is 11.8. The molecule has 3 aromatic rings. The quantitative estimate of drug-likeness (QED) is 0.679. The van der Waals surface area contributed by atoms with Crippen molar-refractivity contribution in [1.29, 1.82) is 0 Å². The number of amides is 1. The highest BCUT2D eigenvalue weighted by atomic mass is 32.2. The van der Waals surface area contributed by atoms with E-state index in [4.69, 9.17) is 0 Å². The Hall–Kier alpha value is -2.60. The van der Waals surface area contributed by atoms with Crippen LogP contribution in [0.3, 0.4) is 0 Å². The molecule has 0 atom stereocenters. The molecule has 0 aliphatic carbocycles. The Bertz CT molecular complexity index is 1040. The van der Waals surface area contributed by atoms with Crippen LogP contribution in [0.5, 0.6) is 0 Å². The molecule has 0 bridgehead atoms. The highest BCUT2D eigenvalue weighted by Gasteiger charge is 2.22. The molecule has 1 aromatic heterocycles. The van der Waals surface area contributed by atoms with Gasteiger partial charge in [0.05, 0.1) is 10.6 Å². The van der Waals surface area contributed by atoms with Gasteiger partial charge in [-0.05, 0) is 17.5 Å². The van der Waals surface area contributed by atoms with Crippen LogP contribution in [0.25, 0.3) is 10.9 Å². The Morgan fingerprint density at radius 2 is 1.70 bits per heavy atom. The summed E-state index contributed by atoms with van der Waals surface area (Å²) in [6.45, 7) is 4.74. The molecule has 1 amide bonds. The van der Waals surface area contributed by atoms with Gasteiger partial charge in [-0.2, -0.15) is 0 Å². The second-order valence-electron chi connectivity index (χ2n) is 7.08. The van der Waals surface area contributed by atoms with Crippen LogP contribution in [-0.4, -0.2) is 25.4 Å². The SMILES string of the molecule is CC(C)CNC(=O)Cn1cc(S(=O)(=O)Cc2ccccc2)c2ccccc21. The maximum atomic E-state index is 13.0. The molecular weight excluding hydrogens is 360 g/mol. The van der Waals surface area contributed by atoms with Crippen molar-refractivity contribution in [1.82, 2.24) is 9.88 Å². The van der Waals surface area contributed by atoms with Gasteiger partial charge >= 0.3 is 0 Å². The molecular formula is C21H24N2O3S. The lowest BCUT2D eigenvalue weighted by Gasteiger charge is -2.09. The molecule has 2 aromatic carbocycles. The molecule has 0 aliphatic rings. The van der Waals surface area contributed by atoms with E-state index < -0.39 is 9.84 Å². The van der Waals surface area contributed by atoms with Crippen molar-refractivity contribution in [3.05, 3.63) is 66.4 Å². The monoisotopic (exact) mass is 384 g/mol. The second kappa shape index (κ2) is 7.96. The molecule has 1 heterocycles. The molecule has 142 valence electrons. The van der Waals surface area contributed by atoms with E-state index >= 15 is 0 Å². The van der Waals surface area contributed by atoms with Gasteiger partial charge in [0.1, 0.15) is 6.54 Å². The minimum Gasteiger partial charge on any atom is -0.354 e. The van der Waals surface area contributed by atoms with Gasteiger partial charge in [-0.25, -0.2) is 8.42 Å². The molecule has 0 aliphatic heterocycles. The number of rotatable bonds is 7. The molecule has 0 saturated carbocycles. The summed E-state index contributed by atoms with van der Waals surface area (Å²) in [5.41, 5.74) is 1.48. The first-order chi connectivity index (χ1) is 12.9. The predicted octanol–water partition coefficient (Wildman–Crippen LogP) is 3.39. The van der Waals surface area contributed by atoms with Crippen LogP contribution in [-0.2, 0) is 26.9 Å². The Morgan fingerprint density at radius 1 is 1.04 bits per heavy atom. The Labute approximate surface area is 159 Å². The zero-order valence-corrected chi connectivity index (χ0v) is 16.4. The number of carbonyl (C=O) groups excluding carboxylic acids is 1. The second-order valence-corrected chi connectivity index (χ2v) is 9.04. The molecule has 0 unspecified atom stereocenters. The summed E-state index contributed by atoms with van der Waals surface area (Å²) in [7, 11) is -3.53. The van der Waals surface area contributed by atoms with E-state index in [1.807, 2.05) is 50.2 Å². The van der Waals surface area contributed by atoms with Crippen LogP contribution >= 0.6 is 0 Å². The first-order valence-electron chi connectivity index (χ1n) is 8.98. The first-order valence-corrected chi connectivity index (χ1v) is 10.6. The van der Waals surface area contributed by atoms with Crippen LogP contribution in [0, 0.1) is 5.92 Å². The molecule has 0 fully saturated rings. The summed E-state index contributed by atoms with van der Waals surface area (Å²) in [5, 5.41) is 3.52. The van der Waals surface area contributed by atoms with Crippen LogP contribution in [0.15, 0.2) is 65.7 Å². The fourth-order valence-corrected chi connectivity index (χ4v) is 4.57. The average molecular weight is 385 g/mol. The van der Waals surface area contributed by atoms with Crippen molar-refractivity contribution in [3.8, 4) is 0 Å².